The number of aliphatic imine (C=N–C) groups is 1. The number of halogens is 1. The lowest BCUT2D eigenvalue weighted by molar-refractivity contribution is 0.448. The Morgan fingerprint density at radius 1 is 1.44 bits per heavy atom. The van der Waals surface area contributed by atoms with Crippen molar-refractivity contribution in [3.8, 4) is 0 Å². The highest BCUT2D eigenvalue weighted by Crippen LogP contribution is 2.28. The lowest BCUT2D eigenvalue weighted by Crippen LogP contribution is -2.13. The number of hydrogen-bond donors (Lipinski definition) is 0. The molecule has 0 radical (unpaired) electrons. The van der Waals surface area contributed by atoms with E-state index in [1.807, 2.05) is 18.0 Å². The minimum absolute atomic E-state index is 0.0282. The van der Waals surface area contributed by atoms with E-state index in [4.69, 9.17) is 4.42 Å². The summed E-state index contributed by atoms with van der Waals surface area (Å²) < 4.78 is 18.7. The van der Waals surface area contributed by atoms with Gasteiger partial charge >= 0.3 is 0 Å². The summed E-state index contributed by atoms with van der Waals surface area (Å²) in [7, 11) is 1.96. The maximum Gasteiger partial charge on any atom is 0.134 e. The third-order valence-electron chi connectivity index (χ3n) is 2.73. The summed E-state index contributed by atoms with van der Waals surface area (Å²) in [6.07, 6.45) is 1.79. The zero-order chi connectivity index (χ0) is 11.1. The fourth-order valence-corrected chi connectivity index (χ4v) is 1.92. The Kier molecular flexibility index (Phi) is 1.96. The number of furan rings is 1. The highest BCUT2D eigenvalue weighted by Gasteiger charge is 2.20. The fraction of sp³-hybridized carbons (Fsp3) is 0.250. The van der Waals surface area contributed by atoms with Gasteiger partial charge in [-0.1, -0.05) is 0 Å². The lowest BCUT2D eigenvalue weighted by Gasteiger charge is -2.06. The molecule has 16 heavy (non-hydrogen) atoms. The SMILES string of the molecule is CN1C=NC(c2cc3cc(F)ccc3o2)C1. The van der Waals surface area contributed by atoms with Gasteiger partial charge < -0.3 is 9.32 Å². The van der Waals surface area contributed by atoms with Crippen LogP contribution in [0.5, 0.6) is 0 Å². The first-order chi connectivity index (χ1) is 7.72. The summed E-state index contributed by atoms with van der Waals surface area (Å²) in [5, 5.41) is 0.791. The second-order valence-electron chi connectivity index (χ2n) is 4.05. The molecule has 1 aliphatic heterocycles. The van der Waals surface area contributed by atoms with E-state index in [1.54, 1.807) is 12.4 Å². The summed E-state index contributed by atoms with van der Waals surface area (Å²) in [4.78, 5) is 6.32. The van der Waals surface area contributed by atoms with Crippen LogP contribution in [0.2, 0.25) is 0 Å². The molecule has 3 rings (SSSR count). The molecular formula is C12H11FN2O. The molecule has 1 aliphatic rings. The molecule has 3 nitrogen and oxygen atoms in total. The van der Waals surface area contributed by atoms with Gasteiger partial charge in [-0.25, -0.2) is 4.39 Å². The molecule has 4 heteroatoms. The van der Waals surface area contributed by atoms with Gasteiger partial charge in [0.05, 0.1) is 6.34 Å². The van der Waals surface area contributed by atoms with Gasteiger partial charge in [0.1, 0.15) is 23.2 Å². The molecule has 0 fully saturated rings. The van der Waals surface area contributed by atoms with Crippen LogP contribution in [0.4, 0.5) is 4.39 Å². The highest BCUT2D eigenvalue weighted by molar-refractivity contribution is 5.78. The number of rotatable bonds is 1. The van der Waals surface area contributed by atoms with Crippen molar-refractivity contribution in [1.29, 1.82) is 0 Å². The van der Waals surface area contributed by atoms with Crippen LogP contribution in [-0.2, 0) is 0 Å². The second kappa shape index (κ2) is 3.33. The standard InChI is InChI=1S/C12H11FN2O/c1-15-6-10(14-7-15)12-5-8-4-9(13)2-3-11(8)16-12/h2-5,7,10H,6H2,1H3. The average Bonchev–Trinajstić information content (AvgIpc) is 2.83. The third kappa shape index (κ3) is 1.46. The summed E-state index contributed by atoms with van der Waals surface area (Å²) >= 11 is 0. The van der Waals surface area contributed by atoms with Crippen molar-refractivity contribution in [1.82, 2.24) is 4.90 Å². The molecule has 0 saturated heterocycles. The van der Waals surface area contributed by atoms with Gasteiger partial charge in [-0.05, 0) is 24.3 Å². The van der Waals surface area contributed by atoms with Crippen molar-refractivity contribution < 1.29 is 8.81 Å². The molecule has 82 valence electrons. The topological polar surface area (TPSA) is 28.7 Å². The lowest BCUT2D eigenvalue weighted by atomic mass is 10.2. The van der Waals surface area contributed by atoms with Crippen molar-refractivity contribution >= 4 is 17.3 Å². The van der Waals surface area contributed by atoms with Crippen molar-refractivity contribution in [2.75, 3.05) is 13.6 Å². The summed E-state index contributed by atoms with van der Waals surface area (Å²) in [5.74, 6) is 0.549. The predicted octanol–water partition coefficient (Wildman–Crippen LogP) is 2.59. The summed E-state index contributed by atoms with van der Waals surface area (Å²) in [5.41, 5.74) is 0.709. The Balaban J connectivity index is 2.02. The van der Waals surface area contributed by atoms with Crippen molar-refractivity contribution in [3.05, 3.63) is 35.8 Å². The highest BCUT2D eigenvalue weighted by atomic mass is 19.1. The Morgan fingerprint density at radius 2 is 2.31 bits per heavy atom. The monoisotopic (exact) mass is 218 g/mol. The molecule has 2 aromatic rings. The molecule has 0 saturated carbocycles. The number of fused-ring (bicyclic) bond motifs is 1. The van der Waals surface area contributed by atoms with Crippen LogP contribution < -0.4 is 0 Å². The Bertz CT molecular complexity index is 561. The van der Waals surface area contributed by atoms with Gasteiger partial charge in [-0.3, -0.25) is 4.99 Å². The molecule has 1 aromatic heterocycles. The van der Waals surface area contributed by atoms with Crippen LogP contribution >= 0.6 is 0 Å². The number of hydrogen-bond acceptors (Lipinski definition) is 3. The first-order valence-corrected chi connectivity index (χ1v) is 5.15. The molecule has 2 heterocycles. The number of benzene rings is 1. The van der Waals surface area contributed by atoms with Crippen LogP contribution in [0.25, 0.3) is 11.0 Å². The Labute approximate surface area is 92.2 Å². The zero-order valence-electron chi connectivity index (χ0n) is 8.85. The average molecular weight is 218 g/mol. The van der Waals surface area contributed by atoms with Gasteiger partial charge in [0, 0.05) is 19.0 Å². The van der Waals surface area contributed by atoms with Crippen molar-refractivity contribution in [2.24, 2.45) is 4.99 Å². The molecule has 1 aromatic carbocycles. The molecule has 0 bridgehead atoms. The van der Waals surface area contributed by atoms with E-state index < -0.39 is 0 Å². The minimum Gasteiger partial charge on any atom is -0.459 e. The van der Waals surface area contributed by atoms with E-state index in [1.165, 1.54) is 12.1 Å². The van der Waals surface area contributed by atoms with Crippen LogP contribution in [-0.4, -0.2) is 24.8 Å². The van der Waals surface area contributed by atoms with Gasteiger partial charge in [0.25, 0.3) is 0 Å². The van der Waals surface area contributed by atoms with E-state index in [0.717, 1.165) is 17.7 Å². The van der Waals surface area contributed by atoms with Crippen LogP contribution in [0.1, 0.15) is 11.8 Å². The van der Waals surface area contributed by atoms with Crippen molar-refractivity contribution in [3.63, 3.8) is 0 Å². The maximum absolute atomic E-state index is 13.0. The van der Waals surface area contributed by atoms with Crippen LogP contribution in [0.3, 0.4) is 0 Å². The van der Waals surface area contributed by atoms with Gasteiger partial charge in [0.2, 0.25) is 0 Å². The zero-order valence-corrected chi connectivity index (χ0v) is 8.85. The van der Waals surface area contributed by atoms with Gasteiger partial charge in [-0.15, -0.1) is 0 Å². The molecule has 0 amide bonds. The van der Waals surface area contributed by atoms with Gasteiger partial charge in [-0.2, -0.15) is 0 Å². The Hall–Kier alpha value is -1.84. The molecular weight excluding hydrogens is 207 g/mol. The molecule has 1 atom stereocenters. The number of likely N-dealkylation sites (N-methyl/N-ethyl adjacent to an activating group) is 1. The van der Waals surface area contributed by atoms with E-state index in [9.17, 15) is 4.39 Å². The first-order valence-electron chi connectivity index (χ1n) is 5.15. The second-order valence-corrected chi connectivity index (χ2v) is 4.05. The van der Waals surface area contributed by atoms with E-state index in [-0.39, 0.29) is 11.9 Å². The quantitative estimate of drug-likeness (QED) is 0.736. The Morgan fingerprint density at radius 3 is 3.06 bits per heavy atom. The van der Waals surface area contributed by atoms with Crippen LogP contribution in [0.15, 0.2) is 33.7 Å². The summed E-state index contributed by atoms with van der Waals surface area (Å²) in [6, 6.07) is 6.42. The maximum atomic E-state index is 13.0. The molecule has 1 unspecified atom stereocenters. The smallest absolute Gasteiger partial charge is 0.134 e. The van der Waals surface area contributed by atoms with E-state index in [2.05, 4.69) is 4.99 Å². The van der Waals surface area contributed by atoms with E-state index >= 15 is 0 Å². The molecule has 0 aliphatic carbocycles. The summed E-state index contributed by atoms with van der Waals surface area (Å²) in [6.45, 7) is 0.808. The van der Waals surface area contributed by atoms with E-state index in [0.29, 0.717) is 5.58 Å². The van der Waals surface area contributed by atoms with Gasteiger partial charge in [0.15, 0.2) is 0 Å². The fourth-order valence-electron chi connectivity index (χ4n) is 1.92. The normalized spacial score (nSPS) is 19.9. The largest absolute Gasteiger partial charge is 0.459 e. The molecule has 0 spiro atoms. The number of nitrogens with zero attached hydrogens (tertiary/aromatic N) is 2. The van der Waals surface area contributed by atoms with Crippen LogP contribution in [0, 0.1) is 5.82 Å². The minimum atomic E-state index is -0.244. The molecule has 0 N–H and O–H groups in total. The first kappa shape index (κ1) is 9.39. The van der Waals surface area contributed by atoms with Crippen molar-refractivity contribution in [2.45, 2.75) is 6.04 Å². The third-order valence-corrected chi connectivity index (χ3v) is 2.73. The predicted molar refractivity (Wildman–Crippen MR) is 60.0 cm³/mol.